The molecule has 1 N–H and O–H groups in total. The van der Waals surface area contributed by atoms with Gasteiger partial charge in [0.15, 0.2) is 0 Å². The van der Waals surface area contributed by atoms with Crippen LogP contribution >= 0.6 is 0 Å². The Balaban J connectivity index is 1.43. The highest BCUT2D eigenvalue weighted by molar-refractivity contribution is 7.89. The number of hydrogen-bond donors (Lipinski definition) is 1. The molecule has 2 aliphatic rings. The SMILES string of the molecule is COC1CN(S(=O)(=O)c2ccc(Nc3ncc4ccc(=O)n(C5CCCC5)c4n3)c(C)c2)C1. The number of rotatable bonds is 6. The van der Waals surface area contributed by atoms with Gasteiger partial charge in [-0.05, 0) is 49.6 Å². The first kappa shape index (κ1) is 22.0. The summed E-state index contributed by atoms with van der Waals surface area (Å²) in [6.45, 7) is 2.57. The molecule has 3 heterocycles. The number of aromatic nitrogens is 3. The van der Waals surface area contributed by atoms with Crippen LogP contribution < -0.4 is 10.9 Å². The zero-order chi connectivity index (χ0) is 23.2. The number of sulfonamides is 1. The summed E-state index contributed by atoms with van der Waals surface area (Å²) in [7, 11) is -1.97. The quantitative estimate of drug-likeness (QED) is 0.591. The summed E-state index contributed by atoms with van der Waals surface area (Å²) in [5.74, 6) is 0.365. The zero-order valence-corrected chi connectivity index (χ0v) is 19.5. The molecule has 2 aromatic heterocycles. The van der Waals surface area contributed by atoms with Crippen molar-refractivity contribution >= 4 is 32.7 Å². The van der Waals surface area contributed by atoms with E-state index in [0.29, 0.717) is 30.4 Å². The van der Waals surface area contributed by atoms with Crippen LogP contribution in [0.1, 0.15) is 37.3 Å². The highest BCUT2D eigenvalue weighted by atomic mass is 32.2. The van der Waals surface area contributed by atoms with Crippen LogP contribution in [0.25, 0.3) is 11.0 Å². The molecule has 1 saturated heterocycles. The average molecular weight is 470 g/mol. The van der Waals surface area contributed by atoms with Crippen molar-refractivity contribution in [1.82, 2.24) is 18.8 Å². The fraction of sp³-hybridized carbons (Fsp3) is 0.435. The van der Waals surface area contributed by atoms with Gasteiger partial charge in [0.2, 0.25) is 16.0 Å². The van der Waals surface area contributed by atoms with Crippen molar-refractivity contribution in [3.05, 3.63) is 52.4 Å². The number of pyridine rings is 1. The van der Waals surface area contributed by atoms with Gasteiger partial charge in [0, 0.05) is 49.6 Å². The summed E-state index contributed by atoms with van der Waals surface area (Å²) in [5, 5.41) is 4.00. The van der Waals surface area contributed by atoms with Gasteiger partial charge in [-0.15, -0.1) is 0 Å². The number of nitrogens with zero attached hydrogens (tertiary/aromatic N) is 4. The van der Waals surface area contributed by atoms with Crippen LogP contribution in [0.4, 0.5) is 11.6 Å². The summed E-state index contributed by atoms with van der Waals surface area (Å²) >= 11 is 0. The van der Waals surface area contributed by atoms with Crippen LogP contribution in [0.2, 0.25) is 0 Å². The lowest BCUT2D eigenvalue weighted by Gasteiger charge is -2.36. The van der Waals surface area contributed by atoms with Crippen molar-refractivity contribution in [3.8, 4) is 0 Å². The number of aryl methyl sites for hydroxylation is 1. The molecule has 0 amide bonds. The molecule has 10 heteroatoms. The van der Waals surface area contributed by atoms with Crippen molar-refractivity contribution in [3.63, 3.8) is 0 Å². The first-order valence-corrected chi connectivity index (χ1v) is 12.6. The number of anilines is 2. The lowest BCUT2D eigenvalue weighted by atomic mass is 10.2. The Hall–Kier alpha value is -2.82. The van der Waals surface area contributed by atoms with E-state index in [0.717, 1.165) is 36.6 Å². The highest BCUT2D eigenvalue weighted by Gasteiger charge is 2.36. The molecule has 2 fully saturated rings. The Labute approximate surface area is 192 Å². The first-order valence-electron chi connectivity index (χ1n) is 11.2. The molecule has 0 bridgehead atoms. The monoisotopic (exact) mass is 469 g/mol. The molecule has 1 aliphatic heterocycles. The predicted molar refractivity (Wildman–Crippen MR) is 125 cm³/mol. The van der Waals surface area contributed by atoms with E-state index in [9.17, 15) is 13.2 Å². The standard InChI is InChI=1S/C23H27N5O4S/c1-15-11-19(33(30,31)27-13-18(14-27)32-2)8-9-20(15)25-23-24-12-16-7-10-21(29)28(22(16)26-23)17-5-3-4-6-17/h7-12,17-18H,3-6,13-14H2,1-2H3,(H,24,25,26). The number of nitrogens with one attached hydrogen (secondary N) is 1. The number of hydrogen-bond acceptors (Lipinski definition) is 7. The third-order valence-electron chi connectivity index (χ3n) is 6.59. The zero-order valence-electron chi connectivity index (χ0n) is 18.7. The highest BCUT2D eigenvalue weighted by Crippen LogP contribution is 2.31. The second kappa shape index (κ2) is 8.51. The van der Waals surface area contributed by atoms with E-state index in [4.69, 9.17) is 4.74 Å². The van der Waals surface area contributed by atoms with Gasteiger partial charge in [0.25, 0.3) is 5.56 Å². The summed E-state index contributed by atoms with van der Waals surface area (Å²) in [4.78, 5) is 21.9. The molecule has 9 nitrogen and oxygen atoms in total. The number of benzene rings is 1. The maximum Gasteiger partial charge on any atom is 0.252 e. The van der Waals surface area contributed by atoms with Crippen molar-refractivity contribution in [1.29, 1.82) is 0 Å². The van der Waals surface area contributed by atoms with Gasteiger partial charge >= 0.3 is 0 Å². The summed E-state index contributed by atoms with van der Waals surface area (Å²) < 4.78 is 34.1. The molecule has 0 spiro atoms. The Kier molecular flexibility index (Phi) is 5.67. The maximum atomic E-state index is 12.8. The van der Waals surface area contributed by atoms with Crippen molar-refractivity contribution < 1.29 is 13.2 Å². The van der Waals surface area contributed by atoms with Crippen molar-refractivity contribution in [2.45, 2.75) is 49.6 Å². The van der Waals surface area contributed by atoms with E-state index in [2.05, 4.69) is 15.3 Å². The first-order chi connectivity index (χ1) is 15.9. The van der Waals surface area contributed by atoms with Gasteiger partial charge in [0.1, 0.15) is 5.65 Å². The third-order valence-corrected chi connectivity index (χ3v) is 8.41. The van der Waals surface area contributed by atoms with E-state index in [1.165, 1.54) is 4.31 Å². The van der Waals surface area contributed by atoms with E-state index in [1.54, 1.807) is 48.2 Å². The Morgan fingerprint density at radius 1 is 1.12 bits per heavy atom. The van der Waals surface area contributed by atoms with Gasteiger partial charge in [-0.2, -0.15) is 9.29 Å². The summed E-state index contributed by atoms with van der Waals surface area (Å²) in [5.41, 5.74) is 2.03. The Bertz CT molecular complexity index is 1360. The van der Waals surface area contributed by atoms with E-state index < -0.39 is 10.0 Å². The number of ether oxygens (including phenoxy) is 1. The molecule has 0 atom stereocenters. The number of methoxy groups -OCH3 is 1. The molecule has 1 aromatic carbocycles. The molecule has 1 aliphatic carbocycles. The lowest BCUT2D eigenvalue weighted by Crippen LogP contribution is -2.54. The van der Waals surface area contributed by atoms with Gasteiger partial charge in [-0.1, -0.05) is 12.8 Å². The van der Waals surface area contributed by atoms with Crippen LogP contribution in [0, 0.1) is 6.92 Å². The molecule has 174 valence electrons. The van der Waals surface area contributed by atoms with Gasteiger partial charge in [0.05, 0.1) is 11.0 Å². The molecular formula is C23H27N5O4S. The molecule has 0 unspecified atom stereocenters. The molecule has 33 heavy (non-hydrogen) atoms. The normalized spacial score (nSPS) is 18.0. The van der Waals surface area contributed by atoms with Gasteiger partial charge in [-0.3, -0.25) is 9.36 Å². The lowest BCUT2D eigenvalue weighted by molar-refractivity contribution is 0.0125. The minimum Gasteiger partial charge on any atom is -0.379 e. The summed E-state index contributed by atoms with van der Waals surface area (Å²) in [6, 6.07) is 8.44. The molecular weight excluding hydrogens is 442 g/mol. The van der Waals surface area contributed by atoms with Crippen LogP contribution in [0.15, 0.2) is 46.2 Å². The maximum absolute atomic E-state index is 12.8. The third kappa shape index (κ3) is 4.03. The van der Waals surface area contributed by atoms with Crippen molar-refractivity contribution in [2.24, 2.45) is 0 Å². The average Bonchev–Trinajstić information content (AvgIpc) is 3.28. The molecule has 1 saturated carbocycles. The fourth-order valence-electron chi connectivity index (χ4n) is 4.57. The number of fused-ring (bicyclic) bond motifs is 1. The Morgan fingerprint density at radius 2 is 1.88 bits per heavy atom. The Morgan fingerprint density at radius 3 is 2.58 bits per heavy atom. The molecule has 5 rings (SSSR count). The van der Waals surface area contributed by atoms with E-state index in [1.807, 2.05) is 6.92 Å². The predicted octanol–water partition coefficient (Wildman–Crippen LogP) is 2.98. The largest absolute Gasteiger partial charge is 0.379 e. The molecule has 0 radical (unpaired) electrons. The van der Waals surface area contributed by atoms with Crippen LogP contribution in [0.5, 0.6) is 0 Å². The van der Waals surface area contributed by atoms with E-state index in [-0.39, 0.29) is 22.6 Å². The van der Waals surface area contributed by atoms with E-state index >= 15 is 0 Å². The summed E-state index contributed by atoms with van der Waals surface area (Å²) in [6.07, 6.45) is 5.84. The smallest absolute Gasteiger partial charge is 0.252 e. The fourth-order valence-corrected chi connectivity index (χ4v) is 6.16. The second-order valence-electron chi connectivity index (χ2n) is 8.73. The topological polar surface area (TPSA) is 106 Å². The van der Waals surface area contributed by atoms with Crippen LogP contribution in [0.3, 0.4) is 0 Å². The van der Waals surface area contributed by atoms with Crippen LogP contribution in [-0.2, 0) is 14.8 Å². The minimum absolute atomic E-state index is 0.0477. The van der Waals surface area contributed by atoms with Gasteiger partial charge < -0.3 is 10.1 Å². The second-order valence-corrected chi connectivity index (χ2v) is 10.7. The van der Waals surface area contributed by atoms with Gasteiger partial charge in [-0.25, -0.2) is 13.4 Å². The molecule has 3 aromatic rings. The van der Waals surface area contributed by atoms with Crippen molar-refractivity contribution in [2.75, 3.05) is 25.5 Å². The minimum atomic E-state index is -3.55. The van der Waals surface area contributed by atoms with Crippen LogP contribution in [-0.4, -0.2) is 53.6 Å².